The zero-order valence-corrected chi connectivity index (χ0v) is 9.45. The number of hydrogen-bond acceptors (Lipinski definition) is 2. The number of sulfonamides is 1. The Hall–Kier alpha value is 0.490. The van der Waals surface area contributed by atoms with Gasteiger partial charge in [0.2, 0.25) is 10.0 Å². The van der Waals surface area contributed by atoms with Gasteiger partial charge in [0.15, 0.2) is 0 Å². The molecule has 0 fully saturated rings. The molecule has 1 atom stereocenters. The van der Waals surface area contributed by atoms with Gasteiger partial charge in [-0.3, -0.25) is 0 Å². The van der Waals surface area contributed by atoms with Gasteiger partial charge in [-0.2, -0.15) is 4.31 Å². The van der Waals surface area contributed by atoms with Crippen LogP contribution in [0, 0.1) is 0 Å². The lowest BCUT2D eigenvalue weighted by molar-refractivity contribution is 0.435. The van der Waals surface area contributed by atoms with E-state index in [-0.39, 0.29) is 11.3 Å². The molecular weight excluding hydrogens is 221 g/mol. The smallest absolute Gasteiger partial charge is 0.211 e. The molecule has 3 nitrogen and oxygen atoms in total. The van der Waals surface area contributed by atoms with Crippen LogP contribution in [-0.2, 0) is 10.0 Å². The van der Waals surface area contributed by atoms with E-state index in [1.54, 1.807) is 6.92 Å². The summed E-state index contributed by atoms with van der Waals surface area (Å²) < 4.78 is 23.4. The lowest BCUT2D eigenvalue weighted by atomic mass is 10.5. The molecule has 6 heteroatoms. The quantitative estimate of drug-likeness (QED) is 0.668. The topological polar surface area (TPSA) is 37.4 Å². The van der Waals surface area contributed by atoms with Crippen molar-refractivity contribution in [2.45, 2.75) is 12.3 Å². The zero-order valence-electron chi connectivity index (χ0n) is 7.13. The van der Waals surface area contributed by atoms with Gasteiger partial charge >= 0.3 is 0 Å². The molecule has 0 rings (SSSR count). The van der Waals surface area contributed by atoms with E-state index in [4.69, 9.17) is 23.2 Å². The van der Waals surface area contributed by atoms with Gasteiger partial charge in [-0.05, 0) is 6.92 Å². The maximum Gasteiger partial charge on any atom is 0.211 e. The molecule has 0 aliphatic heterocycles. The predicted octanol–water partition coefficient (Wildman–Crippen LogP) is 1.11. The summed E-state index contributed by atoms with van der Waals surface area (Å²) in [5.41, 5.74) is 0. The summed E-state index contributed by atoms with van der Waals surface area (Å²) >= 11 is 11.1. The van der Waals surface area contributed by atoms with Crippen molar-refractivity contribution in [3.63, 3.8) is 0 Å². The minimum atomic E-state index is -3.16. The summed E-state index contributed by atoms with van der Waals surface area (Å²) in [6, 6.07) is 0. The molecule has 0 amide bonds. The van der Waals surface area contributed by atoms with Crippen LogP contribution < -0.4 is 0 Å². The molecule has 0 bridgehead atoms. The van der Waals surface area contributed by atoms with Crippen molar-refractivity contribution in [3.8, 4) is 0 Å². The lowest BCUT2D eigenvalue weighted by Gasteiger charge is -2.19. The Kier molecular flexibility index (Phi) is 5.48. The first kappa shape index (κ1) is 12.5. The number of rotatable bonds is 5. The molecule has 0 aliphatic carbocycles. The lowest BCUT2D eigenvalue weighted by Crippen LogP contribution is -2.35. The third-order valence-corrected chi connectivity index (χ3v) is 2.83. The van der Waals surface area contributed by atoms with Crippen molar-refractivity contribution in [2.75, 3.05) is 25.2 Å². The van der Waals surface area contributed by atoms with E-state index in [9.17, 15) is 8.42 Å². The minimum absolute atomic E-state index is 0.192. The predicted molar refractivity (Wildman–Crippen MR) is 52.5 cm³/mol. The first-order valence-corrected chi connectivity index (χ1v) is 6.35. The fourth-order valence-corrected chi connectivity index (χ4v) is 2.24. The molecule has 12 heavy (non-hydrogen) atoms. The monoisotopic (exact) mass is 233 g/mol. The molecule has 74 valence electrons. The Balaban J connectivity index is 4.24. The summed E-state index contributed by atoms with van der Waals surface area (Å²) in [6.07, 6.45) is 1.15. The first-order chi connectivity index (χ1) is 5.38. The molecule has 0 aromatic carbocycles. The van der Waals surface area contributed by atoms with E-state index in [1.807, 2.05) is 0 Å². The second kappa shape index (κ2) is 5.27. The van der Waals surface area contributed by atoms with Gasteiger partial charge in [0.05, 0.1) is 6.26 Å². The summed E-state index contributed by atoms with van der Waals surface area (Å²) in [7, 11) is -3.16. The Bertz CT molecular complexity index is 216. The highest BCUT2D eigenvalue weighted by Crippen LogP contribution is 2.04. The van der Waals surface area contributed by atoms with E-state index in [0.29, 0.717) is 13.1 Å². The number of nitrogens with zero attached hydrogens (tertiary/aromatic N) is 1. The summed E-state index contributed by atoms with van der Waals surface area (Å²) in [5, 5.41) is -0.192. The van der Waals surface area contributed by atoms with Crippen LogP contribution in [0.3, 0.4) is 0 Å². The molecule has 0 radical (unpaired) electrons. The Morgan fingerprint density at radius 1 is 1.50 bits per heavy atom. The maximum absolute atomic E-state index is 11.1. The Morgan fingerprint density at radius 3 is 2.25 bits per heavy atom. The second-order valence-corrected chi connectivity index (χ2v) is 5.70. The second-order valence-electron chi connectivity index (χ2n) is 2.59. The summed E-state index contributed by atoms with van der Waals surface area (Å²) in [5.74, 6) is 0.288. The molecule has 1 unspecified atom stereocenters. The van der Waals surface area contributed by atoms with Crippen molar-refractivity contribution < 1.29 is 8.42 Å². The number of alkyl halides is 2. The first-order valence-electron chi connectivity index (χ1n) is 3.53. The van der Waals surface area contributed by atoms with E-state index < -0.39 is 10.0 Å². The largest absolute Gasteiger partial charge is 0.213 e. The van der Waals surface area contributed by atoms with Crippen LogP contribution in [-0.4, -0.2) is 43.3 Å². The highest BCUT2D eigenvalue weighted by Gasteiger charge is 2.17. The van der Waals surface area contributed by atoms with Crippen LogP contribution in [0.4, 0.5) is 0 Å². The van der Waals surface area contributed by atoms with E-state index in [1.165, 1.54) is 4.31 Å². The molecule has 0 aromatic rings. The van der Waals surface area contributed by atoms with Gasteiger partial charge in [-0.1, -0.05) is 0 Å². The molecule has 0 heterocycles. The van der Waals surface area contributed by atoms with Crippen LogP contribution in [0.1, 0.15) is 6.92 Å². The zero-order chi connectivity index (χ0) is 9.78. The van der Waals surface area contributed by atoms with E-state index >= 15 is 0 Å². The Morgan fingerprint density at radius 2 is 2.00 bits per heavy atom. The molecular formula is C6H13Cl2NO2S. The molecule has 0 saturated carbocycles. The third-order valence-electron chi connectivity index (χ3n) is 1.26. The van der Waals surface area contributed by atoms with Gasteiger partial charge in [-0.15, -0.1) is 23.2 Å². The van der Waals surface area contributed by atoms with Gasteiger partial charge in [0.1, 0.15) is 0 Å². The maximum atomic E-state index is 11.1. The van der Waals surface area contributed by atoms with Crippen molar-refractivity contribution in [1.82, 2.24) is 4.31 Å². The van der Waals surface area contributed by atoms with Crippen LogP contribution in [0.15, 0.2) is 0 Å². The molecule has 0 spiro atoms. The van der Waals surface area contributed by atoms with E-state index in [2.05, 4.69) is 0 Å². The van der Waals surface area contributed by atoms with E-state index in [0.717, 1.165) is 6.26 Å². The molecule has 0 N–H and O–H groups in total. The van der Waals surface area contributed by atoms with Crippen LogP contribution in [0.2, 0.25) is 0 Å². The van der Waals surface area contributed by atoms with Crippen LogP contribution in [0.25, 0.3) is 0 Å². The fraction of sp³-hybridized carbons (Fsp3) is 1.00. The van der Waals surface area contributed by atoms with Gasteiger partial charge < -0.3 is 0 Å². The van der Waals surface area contributed by atoms with Crippen LogP contribution >= 0.6 is 23.2 Å². The van der Waals surface area contributed by atoms with Crippen molar-refractivity contribution in [2.24, 2.45) is 0 Å². The summed E-state index contributed by atoms with van der Waals surface area (Å²) in [6.45, 7) is 2.37. The van der Waals surface area contributed by atoms with Gasteiger partial charge in [0.25, 0.3) is 0 Å². The highest BCUT2D eigenvalue weighted by atomic mass is 35.5. The summed E-state index contributed by atoms with van der Waals surface area (Å²) in [4.78, 5) is 0. The molecule has 0 aliphatic rings. The van der Waals surface area contributed by atoms with Crippen molar-refractivity contribution in [3.05, 3.63) is 0 Å². The third kappa shape index (κ3) is 5.19. The SMILES string of the molecule is CC(Cl)CN(CCCl)S(C)(=O)=O. The average molecular weight is 234 g/mol. The minimum Gasteiger partial charge on any atom is -0.213 e. The average Bonchev–Trinajstić information content (AvgIpc) is 1.83. The normalized spacial score (nSPS) is 15.1. The van der Waals surface area contributed by atoms with Gasteiger partial charge in [-0.25, -0.2) is 8.42 Å². The highest BCUT2D eigenvalue weighted by molar-refractivity contribution is 7.88. The molecule has 0 aromatic heterocycles. The van der Waals surface area contributed by atoms with Crippen molar-refractivity contribution >= 4 is 33.2 Å². The molecule has 0 saturated heterocycles. The number of hydrogen-bond donors (Lipinski definition) is 0. The van der Waals surface area contributed by atoms with Gasteiger partial charge in [0, 0.05) is 24.3 Å². The standard InChI is InChI=1S/C6H13Cl2NO2S/c1-6(8)5-9(4-3-7)12(2,10)11/h6H,3-5H2,1-2H3. The van der Waals surface area contributed by atoms with Crippen LogP contribution in [0.5, 0.6) is 0 Å². The number of halogens is 2. The Labute approximate surface area is 83.7 Å². The van der Waals surface area contributed by atoms with Crippen molar-refractivity contribution in [1.29, 1.82) is 0 Å². The fourth-order valence-electron chi connectivity index (χ4n) is 0.767.